The molecule has 0 spiro atoms. The fraction of sp³-hybridized carbons (Fsp3) is 0.263. The molecule has 0 aliphatic carbocycles. The summed E-state index contributed by atoms with van der Waals surface area (Å²) in [6, 6.07) is 20.0. The maximum Gasteiger partial charge on any atom is 0.0754 e. The molecule has 0 saturated heterocycles. The van der Waals surface area contributed by atoms with Crippen LogP contribution in [0.15, 0.2) is 71.0 Å². The Morgan fingerprint density at radius 1 is 0.833 bits per heavy atom. The molecule has 0 unspecified atom stereocenters. The predicted molar refractivity (Wildman–Crippen MR) is 96.0 cm³/mol. The lowest BCUT2D eigenvalue weighted by Crippen LogP contribution is -2.34. The van der Waals surface area contributed by atoms with Crippen molar-refractivity contribution in [3.05, 3.63) is 71.8 Å². The summed E-state index contributed by atoms with van der Waals surface area (Å²) in [5.74, 6) is 0. The van der Waals surface area contributed by atoms with Crippen LogP contribution in [-0.2, 0) is 13.0 Å². The highest BCUT2D eigenvalue weighted by atomic mass is 16.4. The van der Waals surface area contributed by atoms with Crippen LogP contribution in [0, 0.1) is 0 Å². The Balaban J connectivity index is 2.07. The van der Waals surface area contributed by atoms with Gasteiger partial charge in [-0.2, -0.15) is 0 Å². The lowest BCUT2D eigenvalue weighted by Gasteiger charge is -2.22. The van der Waals surface area contributed by atoms with E-state index in [1.165, 1.54) is 0 Å². The number of hydrogen-bond donors (Lipinski definition) is 2. The van der Waals surface area contributed by atoms with E-state index in [9.17, 15) is 5.21 Å². The fourth-order valence-corrected chi connectivity index (χ4v) is 2.58. The molecule has 5 nitrogen and oxygen atoms in total. The summed E-state index contributed by atoms with van der Waals surface area (Å²) in [6.45, 7) is 3.44. The summed E-state index contributed by atoms with van der Waals surface area (Å²) >= 11 is 0. The van der Waals surface area contributed by atoms with Crippen molar-refractivity contribution in [3.8, 4) is 0 Å². The van der Waals surface area contributed by atoms with Crippen LogP contribution in [0.3, 0.4) is 0 Å². The predicted octanol–water partition coefficient (Wildman–Crippen LogP) is 3.41. The molecule has 2 aromatic rings. The maximum atomic E-state index is 9.38. The molecule has 2 aromatic carbocycles. The minimum absolute atomic E-state index is 0.493. The normalized spacial score (nSPS) is 12.6. The highest BCUT2D eigenvalue weighted by molar-refractivity contribution is 5.89. The molecule has 2 N–H and O–H groups in total. The fourth-order valence-electron chi connectivity index (χ4n) is 2.58. The zero-order valence-corrected chi connectivity index (χ0v) is 13.8. The molecule has 0 aliphatic heterocycles. The molecule has 126 valence electrons. The molecule has 0 aromatic heterocycles. The van der Waals surface area contributed by atoms with Crippen molar-refractivity contribution >= 4 is 11.4 Å². The first-order valence-corrected chi connectivity index (χ1v) is 7.89. The minimum atomic E-state index is 0.493. The van der Waals surface area contributed by atoms with Gasteiger partial charge in [0.1, 0.15) is 0 Å². The van der Waals surface area contributed by atoms with Crippen molar-refractivity contribution in [2.45, 2.75) is 19.9 Å². The van der Waals surface area contributed by atoms with Crippen LogP contribution in [0.25, 0.3) is 0 Å². The Morgan fingerprint density at radius 2 is 1.42 bits per heavy atom. The third-order valence-corrected chi connectivity index (χ3v) is 3.67. The molecule has 0 saturated carbocycles. The number of nitrogens with zero attached hydrogens (tertiary/aromatic N) is 3. The number of rotatable bonds is 8. The SMILES string of the molecule is C/C(CN(C/C(Cc1ccccc1)=N\O)Cc1ccccc1)=N/O. The molecule has 0 amide bonds. The average Bonchev–Trinajstić information content (AvgIpc) is 2.62. The molecule has 0 radical (unpaired) electrons. The Kier molecular flexibility index (Phi) is 6.98. The summed E-state index contributed by atoms with van der Waals surface area (Å²) < 4.78 is 0. The third kappa shape index (κ3) is 5.85. The van der Waals surface area contributed by atoms with E-state index in [0.29, 0.717) is 37.5 Å². The summed E-state index contributed by atoms with van der Waals surface area (Å²) in [7, 11) is 0. The summed E-state index contributed by atoms with van der Waals surface area (Å²) in [4.78, 5) is 2.09. The maximum absolute atomic E-state index is 9.38. The standard InChI is InChI=1S/C19H23N3O2/c1-16(20-23)13-22(14-18-10-6-3-7-11-18)15-19(21-24)12-17-8-4-2-5-9-17/h2-11,23-24H,12-15H2,1H3/b20-16-,21-19-. The second-order valence-corrected chi connectivity index (χ2v) is 5.79. The molecule has 0 bridgehead atoms. The van der Waals surface area contributed by atoms with Crippen LogP contribution in [0.5, 0.6) is 0 Å². The molecule has 2 rings (SSSR count). The van der Waals surface area contributed by atoms with Gasteiger partial charge in [0, 0.05) is 26.1 Å². The van der Waals surface area contributed by atoms with Gasteiger partial charge in [0.2, 0.25) is 0 Å². The minimum Gasteiger partial charge on any atom is -0.411 e. The van der Waals surface area contributed by atoms with Crippen molar-refractivity contribution in [3.63, 3.8) is 0 Å². The quantitative estimate of drug-likeness (QED) is 0.444. The van der Waals surface area contributed by atoms with Crippen molar-refractivity contribution in [2.75, 3.05) is 13.1 Å². The Bertz CT molecular complexity index is 670. The number of benzene rings is 2. The third-order valence-electron chi connectivity index (χ3n) is 3.67. The van der Waals surface area contributed by atoms with Gasteiger partial charge in [0.15, 0.2) is 0 Å². The first-order chi connectivity index (χ1) is 11.7. The summed E-state index contributed by atoms with van der Waals surface area (Å²) in [6.07, 6.45) is 0.581. The molecule has 0 aliphatic rings. The van der Waals surface area contributed by atoms with E-state index in [0.717, 1.165) is 11.1 Å². The van der Waals surface area contributed by atoms with E-state index in [1.54, 1.807) is 6.92 Å². The second-order valence-electron chi connectivity index (χ2n) is 5.79. The Morgan fingerprint density at radius 3 is 1.96 bits per heavy atom. The molecular weight excluding hydrogens is 302 g/mol. The van der Waals surface area contributed by atoms with Crippen LogP contribution < -0.4 is 0 Å². The number of hydrogen-bond acceptors (Lipinski definition) is 5. The topological polar surface area (TPSA) is 68.4 Å². The monoisotopic (exact) mass is 325 g/mol. The summed E-state index contributed by atoms with van der Waals surface area (Å²) in [5, 5.41) is 25.1. The van der Waals surface area contributed by atoms with E-state index in [-0.39, 0.29) is 0 Å². The van der Waals surface area contributed by atoms with Gasteiger partial charge in [-0.15, -0.1) is 0 Å². The van der Waals surface area contributed by atoms with Crippen molar-refractivity contribution < 1.29 is 10.4 Å². The first-order valence-electron chi connectivity index (χ1n) is 7.89. The van der Waals surface area contributed by atoms with E-state index < -0.39 is 0 Å². The van der Waals surface area contributed by atoms with Gasteiger partial charge in [0.05, 0.1) is 11.4 Å². The van der Waals surface area contributed by atoms with Gasteiger partial charge in [-0.05, 0) is 18.1 Å². The van der Waals surface area contributed by atoms with E-state index in [2.05, 4.69) is 15.2 Å². The van der Waals surface area contributed by atoms with Crippen LogP contribution in [-0.4, -0.2) is 39.8 Å². The molecule has 0 heterocycles. The van der Waals surface area contributed by atoms with Crippen molar-refractivity contribution in [1.29, 1.82) is 0 Å². The smallest absolute Gasteiger partial charge is 0.0754 e. The van der Waals surface area contributed by atoms with Gasteiger partial charge in [-0.1, -0.05) is 71.0 Å². The van der Waals surface area contributed by atoms with Crippen LogP contribution in [0.2, 0.25) is 0 Å². The Labute approximate surface area is 142 Å². The van der Waals surface area contributed by atoms with Crippen LogP contribution >= 0.6 is 0 Å². The largest absolute Gasteiger partial charge is 0.411 e. The van der Waals surface area contributed by atoms with Crippen molar-refractivity contribution in [1.82, 2.24) is 4.90 Å². The van der Waals surface area contributed by atoms with Crippen molar-refractivity contribution in [2.24, 2.45) is 10.3 Å². The van der Waals surface area contributed by atoms with E-state index in [1.807, 2.05) is 60.7 Å². The highest BCUT2D eigenvalue weighted by Gasteiger charge is 2.13. The molecule has 24 heavy (non-hydrogen) atoms. The van der Waals surface area contributed by atoms with Gasteiger partial charge >= 0.3 is 0 Å². The molecule has 0 fully saturated rings. The summed E-state index contributed by atoms with van der Waals surface area (Å²) in [5.41, 5.74) is 3.53. The highest BCUT2D eigenvalue weighted by Crippen LogP contribution is 2.07. The van der Waals surface area contributed by atoms with Gasteiger partial charge in [-0.3, -0.25) is 4.90 Å². The van der Waals surface area contributed by atoms with Gasteiger partial charge in [0.25, 0.3) is 0 Å². The zero-order chi connectivity index (χ0) is 17.2. The average molecular weight is 325 g/mol. The van der Waals surface area contributed by atoms with Gasteiger partial charge in [-0.25, -0.2) is 0 Å². The lowest BCUT2D eigenvalue weighted by molar-refractivity contribution is 0.294. The molecule has 5 heteroatoms. The Hall–Kier alpha value is -2.66. The van der Waals surface area contributed by atoms with Crippen LogP contribution in [0.1, 0.15) is 18.1 Å². The van der Waals surface area contributed by atoms with Gasteiger partial charge < -0.3 is 10.4 Å². The molecule has 0 atom stereocenters. The first kappa shape index (κ1) is 17.7. The lowest BCUT2D eigenvalue weighted by atomic mass is 10.1. The second kappa shape index (κ2) is 9.47. The van der Waals surface area contributed by atoms with E-state index in [4.69, 9.17) is 5.21 Å². The van der Waals surface area contributed by atoms with E-state index >= 15 is 0 Å². The van der Waals surface area contributed by atoms with Crippen LogP contribution in [0.4, 0.5) is 0 Å². The zero-order valence-electron chi connectivity index (χ0n) is 13.8. The molecular formula is C19H23N3O2. The number of oxime groups is 2.